The molecular weight excluding hydrogens is 400 g/mol. The van der Waals surface area contributed by atoms with Crippen LogP contribution in [0.1, 0.15) is 50.3 Å². The molecule has 0 aliphatic carbocycles. The number of rotatable bonds is 5. The van der Waals surface area contributed by atoms with E-state index in [1.807, 2.05) is 70.2 Å². The Morgan fingerprint density at radius 3 is 2.22 bits per heavy atom. The van der Waals surface area contributed by atoms with Gasteiger partial charge in [-0.25, -0.2) is 4.90 Å². The number of carbonyl (C=O) groups is 2. The third kappa shape index (κ3) is 4.29. The third-order valence-electron chi connectivity index (χ3n) is 6.01. The summed E-state index contributed by atoms with van der Waals surface area (Å²) >= 11 is 0. The van der Waals surface area contributed by atoms with E-state index in [2.05, 4.69) is 11.8 Å². The Balaban J connectivity index is 1.79. The second kappa shape index (κ2) is 8.81. The van der Waals surface area contributed by atoms with Gasteiger partial charge in [0.2, 0.25) is 0 Å². The molecule has 2 aliphatic heterocycles. The van der Waals surface area contributed by atoms with Crippen LogP contribution in [0, 0.1) is 19.8 Å². The fourth-order valence-electron chi connectivity index (χ4n) is 4.75. The molecule has 2 aliphatic rings. The number of amides is 2. The SMILES string of the molecule is Cc1cc(C)cc(N2C(=O)C(c3ccc(OC(C)C)cc3)=C(N3CCCC(C)C3)C2=O)c1. The zero-order chi connectivity index (χ0) is 23.0. The van der Waals surface area contributed by atoms with E-state index in [4.69, 9.17) is 4.74 Å². The summed E-state index contributed by atoms with van der Waals surface area (Å²) in [6.07, 6.45) is 2.23. The van der Waals surface area contributed by atoms with E-state index in [9.17, 15) is 9.59 Å². The highest BCUT2D eigenvalue weighted by Gasteiger charge is 2.43. The topological polar surface area (TPSA) is 49.9 Å². The number of benzene rings is 2. The van der Waals surface area contributed by atoms with Gasteiger partial charge in [-0.2, -0.15) is 0 Å². The number of aryl methyl sites for hydroxylation is 2. The summed E-state index contributed by atoms with van der Waals surface area (Å²) in [5.41, 5.74) is 4.45. The van der Waals surface area contributed by atoms with Crippen LogP contribution in [-0.4, -0.2) is 35.9 Å². The fourth-order valence-corrected chi connectivity index (χ4v) is 4.75. The molecule has 1 atom stereocenters. The van der Waals surface area contributed by atoms with E-state index < -0.39 is 0 Å². The lowest BCUT2D eigenvalue weighted by Gasteiger charge is -2.33. The molecule has 0 bridgehead atoms. The van der Waals surface area contributed by atoms with Gasteiger partial charge in [0.05, 0.1) is 17.4 Å². The number of carbonyl (C=O) groups excluding carboxylic acids is 2. The van der Waals surface area contributed by atoms with Gasteiger partial charge in [-0.1, -0.05) is 25.1 Å². The molecule has 1 fully saturated rings. The van der Waals surface area contributed by atoms with Gasteiger partial charge in [0.25, 0.3) is 11.8 Å². The molecule has 4 rings (SSSR count). The maximum Gasteiger partial charge on any atom is 0.282 e. The van der Waals surface area contributed by atoms with Gasteiger partial charge in [-0.05, 0) is 87.4 Å². The summed E-state index contributed by atoms with van der Waals surface area (Å²) in [4.78, 5) is 30.9. The van der Waals surface area contributed by atoms with Gasteiger partial charge in [0.1, 0.15) is 11.4 Å². The van der Waals surface area contributed by atoms with E-state index in [0.717, 1.165) is 48.4 Å². The van der Waals surface area contributed by atoms with Crippen LogP contribution in [0.25, 0.3) is 5.57 Å². The Morgan fingerprint density at radius 1 is 0.969 bits per heavy atom. The predicted octanol–water partition coefficient (Wildman–Crippen LogP) is 5.11. The zero-order valence-electron chi connectivity index (χ0n) is 19.6. The molecule has 0 spiro atoms. The number of anilines is 1. The van der Waals surface area contributed by atoms with Gasteiger partial charge in [-0.3, -0.25) is 9.59 Å². The normalized spacial score (nSPS) is 19.4. The minimum absolute atomic E-state index is 0.0696. The first kappa shape index (κ1) is 22.1. The highest BCUT2D eigenvalue weighted by atomic mass is 16.5. The van der Waals surface area contributed by atoms with Crippen molar-refractivity contribution in [1.82, 2.24) is 4.90 Å². The average Bonchev–Trinajstić information content (AvgIpc) is 2.97. The quantitative estimate of drug-likeness (QED) is 0.617. The van der Waals surface area contributed by atoms with Crippen molar-refractivity contribution in [2.45, 2.75) is 53.6 Å². The molecule has 2 aromatic carbocycles. The van der Waals surface area contributed by atoms with E-state index in [1.165, 1.54) is 4.90 Å². The van der Waals surface area contributed by atoms with Crippen molar-refractivity contribution in [3.63, 3.8) is 0 Å². The monoisotopic (exact) mass is 432 g/mol. The van der Waals surface area contributed by atoms with Crippen LogP contribution in [0.15, 0.2) is 48.2 Å². The Morgan fingerprint density at radius 2 is 1.62 bits per heavy atom. The Hall–Kier alpha value is -3.08. The molecule has 0 radical (unpaired) electrons. The number of imide groups is 1. The third-order valence-corrected chi connectivity index (χ3v) is 6.01. The fraction of sp³-hybridized carbons (Fsp3) is 0.407. The van der Waals surface area contributed by atoms with Crippen molar-refractivity contribution in [2.24, 2.45) is 5.92 Å². The lowest BCUT2D eigenvalue weighted by Crippen LogP contribution is -2.39. The van der Waals surface area contributed by atoms with E-state index in [0.29, 0.717) is 22.9 Å². The van der Waals surface area contributed by atoms with Crippen molar-refractivity contribution < 1.29 is 14.3 Å². The maximum absolute atomic E-state index is 13.7. The molecule has 0 saturated carbocycles. The molecule has 1 saturated heterocycles. The van der Waals surface area contributed by atoms with Crippen LogP contribution in [0.3, 0.4) is 0 Å². The van der Waals surface area contributed by atoms with E-state index >= 15 is 0 Å². The number of nitrogens with zero attached hydrogens (tertiary/aromatic N) is 2. The summed E-state index contributed by atoms with van der Waals surface area (Å²) in [6.45, 7) is 11.7. The Labute approximate surface area is 190 Å². The molecule has 2 heterocycles. The van der Waals surface area contributed by atoms with Crippen molar-refractivity contribution in [3.05, 3.63) is 64.9 Å². The van der Waals surface area contributed by atoms with Crippen molar-refractivity contribution in [2.75, 3.05) is 18.0 Å². The standard InChI is InChI=1S/C27H32N2O3/c1-17(2)32-23-10-8-21(9-11-23)24-25(28-12-6-7-18(3)16-28)27(31)29(26(24)30)22-14-19(4)13-20(5)15-22/h8-11,13-15,17-18H,6-7,12,16H2,1-5H3. The molecule has 2 aromatic rings. The van der Waals surface area contributed by atoms with Gasteiger partial charge in [-0.15, -0.1) is 0 Å². The molecule has 0 N–H and O–H groups in total. The Kier molecular flexibility index (Phi) is 6.09. The van der Waals surface area contributed by atoms with Gasteiger partial charge >= 0.3 is 0 Å². The second-order valence-corrected chi connectivity index (χ2v) is 9.40. The molecule has 5 nitrogen and oxygen atoms in total. The van der Waals surface area contributed by atoms with Gasteiger partial charge in [0, 0.05) is 13.1 Å². The number of likely N-dealkylation sites (tertiary alicyclic amines) is 1. The van der Waals surface area contributed by atoms with Gasteiger partial charge < -0.3 is 9.64 Å². The van der Waals surface area contributed by atoms with Crippen LogP contribution in [0.2, 0.25) is 0 Å². The average molecular weight is 433 g/mol. The second-order valence-electron chi connectivity index (χ2n) is 9.40. The molecule has 5 heteroatoms. The summed E-state index contributed by atoms with van der Waals surface area (Å²) < 4.78 is 5.77. The number of hydrogen-bond donors (Lipinski definition) is 0. The Bertz CT molecular complexity index is 1050. The van der Waals surface area contributed by atoms with E-state index in [1.54, 1.807) is 0 Å². The van der Waals surface area contributed by atoms with Crippen LogP contribution in [0.5, 0.6) is 5.75 Å². The van der Waals surface area contributed by atoms with E-state index in [-0.39, 0.29) is 17.9 Å². The molecule has 0 aromatic heterocycles. The molecule has 168 valence electrons. The van der Waals surface area contributed by atoms with Crippen LogP contribution < -0.4 is 9.64 Å². The number of piperidine rings is 1. The first-order chi connectivity index (χ1) is 15.2. The number of hydrogen-bond acceptors (Lipinski definition) is 4. The molecule has 32 heavy (non-hydrogen) atoms. The highest BCUT2D eigenvalue weighted by Crippen LogP contribution is 2.37. The van der Waals surface area contributed by atoms with Crippen molar-refractivity contribution >= 4 is 23.1 Å². The van der Waals surface area contributed by atoms with Crippen LogP contribution >= 0.6 is 0 Å². The zero-order valence-corrected chi connectivity index (χ0v) is 19.6. The molecule has 2 amide bonds. The summed E-state index contributed by atoms with van der Waals surface area (Å²) in [7, 11) is 0. The summed E-state index contributed by atoms with van der Waals surface area (Å²) in [6, 6.07) is 13.4. The molecular formula is C27H32N2O3. The first-order valence-electron chi connectivity index (χ1n) is 11.5. The predicted molar refractivity (Wildman–Crippen MR) is 128 cm³/mol. The van der Waals surface area contributed by atoms with Crippen LogP contribution in [-0.2, 0) is 9.59 Å². The molecule has 1 unspecified atom stereocenters. The largest absolute Gasteiger partial charge is 0.491 e. The summed E-state index contributed by atoms with van der Waals surface area (Å²) in [5.74, 6) is 0.746. The highest BCUT2D eigenvalue weighted by molar-refractivity contribution is 6.45. The maximum atomic E-state index is 13.7. The lowest BCUT2D eigenvalue weighted by molar-refractivity contribution is -0.120. The smallest absolute Gasteiger partial charge is 0.282 e. The van der Waals surface area contributed by atoms with Crippen molar-refractivity contribution in [3.8, 4) is 5.75 Å². The first-order valence-corrected chi connectivity index (χ1v) is 11.5. The van der Waals surface area contributed by atoms with Gasteiger partial charge in [0.15, 0.2) is 0 Å². The summed E-state index contributed by atoms with van der Waals surface area (Å²) in [5, 5.41) is 0. The minimum Gasteiger partial charge on any atom is -0.491 e. The van der Waals surface area contributed by atoms with Crippen LogP contribution in [0.4, 0.5) is 5.69 Å². The minimum atomic E-state index is -0.259. The lowest BCUT2D eigenvalue weighted by atomic mass is 9.97. The number of ether oxygens (including phenoxy) is 1. The van der Waals surface area contributed by atoms with Crippen molar-refractivity contribution in [1.29, 1.82) is 0 Å².